The third-order valence-corrected chi connectivity index (χ3v) is 6.58. The van der Waals surface area contributed by atoms with Gasteiger partial charge in [0.05, 0.1) is 36.0 Å². The molecule has 1 atom stereocenters. The van der Waals surface area contributed by atoms with Crippen molar-refractivity contribution in [3.8, 4) is 17.3 Å². The first-order valence-corrected chi connectivity index (χ1v) is 13.4. The van der Waals surface area contributed by atoms with Crippen LogP contribution in [0, 0.1) is 0 Å². The highest BCUT2D eigenvalue weighted by Crippen LogP contribution is 2.44. The predicted molar refractivity (Wildman–Crippen MR) is 150 cm³/mol. The van der Waals surface area contributed by atoms with E-state index in [0.29, 0.717) is 22.9 Å². The Morgan fingerprint density at radius 3 is 2.49 bits per heavy atom. The number of fused-ring (bicyclic) bond motifs is 2. The second kappa shape index (κ2) is 9.94. The van der Waals surface area contributed by atoms with Gasteiger partial charge in [0.1, 0.15) is 16.9 Å². The average Bonchev–Trinajstić information content (AvgIpc) is 3.47. The number of ether oxygens (including phenoxy) is 3. The van der Waals surface area contributed by atoms with Crippen molar-refractivity contribution in [1.29, 1.82) is 0 Å². The highest BCUT2D eigenvalue weighted by Gasteiger charge is 2.31. The molecule has 1 amide bonds. The number of benzene rings is 2. The van der Waals surface area contributed by atoms with E-state index in [9.17, 15) is 9.59 Å². The maximum Gasteiger partial charge on any atom is 0.408 e. The number of aromatic nitrogens is 3. The number of hydrogen-bond donors (Lipinski definition) is 2. The van der Waals surface area contributed by atoms with Gasteiger partial charge in [-0.2, -0.15) is 0 Å². The summed E-state index contributed by atoms with van der Waals surface area (Å²) in [6, 6.07) is 11.7. The van der Waals surface area contributed by atoms with Crippen molar-refractivity contribution < 1.29 is 23.8 Å². The van der Waals surface area contributed by atoms with Crippen molar-refractivity contribution in [1.82, 2.24) is 19.9 Å². The lowest BCUT2D eigenvalue weighted by atomic mass is 10.1. The molecule has 4 aromatic rings. The van der Waals surface area contributed by atoms with Gasteiger partial charge in [0.2, 0.25) is 0 Å². The van der Waals surface area contributed by atoms with E-state index in [1.807, 2.05) is 59.7 Å². The molecule has 0 saturated heterocycles. The van der Waals surface area contributed by atoms with Gasteiger partial charge in [-0.15, -0.1) is 0 Å². The van der Waals surface area contributed by atoms with E-state index in [2.05, 4.69) is 20.9 Å². The lowest BCUT2D eigenvalue weighted by Gasteiger charge is -2.22. The molecular formula is C30H36N4O5. The number of amides is 1. The molecule has 1 aliphatic carbocycles. The van der Waals surface area contributed by atoms with Gasteiger partial charge in [-0.05, 0) is 84.2 Å². The second-order valence-electron chi connectivity index (χ2n) is 11.4. The molecule has 9 heteroatoms. The Bertz CT molecular complexity index is 1560. The molecule has 2 N–H and O–H groups in total. The van der Waals surface area contributed by atoms with Crippen molar-refractivity contribution in [2.75, 3.05) is 7.11 Å². The Morgan fingerprint density at radius 2 is 1.85 bits per heavy atom. The summed E-state index contributed by atoms with van der Waals surface area (Å²) in [6.07, 6.45) is 1.43. The predicted octanol–water partition coefficient (Wildman–Crippen LogP) is 6.68. The van der Waals surface area contributed by atoms with Gasteiger partial charge in [0.15, 0.2) is 5.82 Å². The molecule has 5 rings (SSSR count). The van der Waals surface area contributed by atoms with Crippen LogP contribution in [0.1, 0.15) is 82.4 Å². The van der Waals surface area contributed by atoms with Crippen LogP contribution >= 0.6 is 0 Å². The zero-order valence-corrected chi connectivity index (χ0v) is 23.5. The maximum atomic E-state index is 12.7. The standard InChI is InChI=1S/C30H36N4O5/c1-16(2)38-28(35)20-14-23-26(25(15-20)37-7)34(21-10-11-21)27(33-23)24-13-19-9-8-18(12-22(19)32-24)17(3)31-29(36)39-30(4,5)6/h8-9,12-17,21,32H,10-11H2,1-7H3,(H,31,36). The molecule has 2 heterocycles. The minimum Gasteiger partial charge on any atom is -0.494 e. The number of H-pyrrole nitrogens is 1. The molecule has 1 saturated carbocycles. The molecular weight excluding hydrogens is 496 g/mol. The van der Waals surface area contributed by atoms with Crippen LogP contribution in [0.3, 0.4) is 0 Å². The van der Waals surface area contributed by atoms with Crippen molar-refractivity contribution in [2.45, 2.75) is 78.2 Å². The fraction of sp³-hybridized carbons (Fsp3) is 0.433. The Morgan fingerprint density at radius 1 is 1.10 bits per heavy atom. The van der Waals surface area contributed by atoms with Crippen molar-refractivity contribution >= 4 is 34.0 Å². The number of imidazole rings is 1. The number of nitrogens with one attached hydrogen (secondary N) is 2. The molecule has 2 aromatic carbocycles. The van der Waals surface area contributed by atoms with Crippen LogP contribution in [0.25, 0.3) is 33.5 Å². The largest absolute Gasteiger partial charge is 0.494 e. The second-order valence-corrected chi connectivity index (χ2v) is 11.4. The Balaban J connectivity index is 1.52. The van der Waals surface area contributed by atoms with Crippen LogP contribution in [0.4, 0.5) is 4.79 Å². The molecule has 0 bridgehead atoms. The van der Waals surface area contributed by atoms with Gasteiger partial charge in [-0.3, -0.25) is 0 Å². The fourth-order valence-electron chi connectivity index (χ4n) is 4.73. The fourth-order valence-corrected chi connectivity index (χ4v) is 4.73. The maximum absolute atomic E-state index is 12.7. The van der Waals surface area contributed by atoms with Gasteiger partial charge in [0.25, 0.3) is 0 Å². The van der Waals surface area contributed by atoms with Crippen LogP contribution in [0.2, 0.25) is 0 Å². The van der Waals surface area contributed by atoms with E-state index in [1.54, 1.807) is 19.2 Å². The van der Waals surface area contributed by atoms with Crippen LogP contribution < -0.4 is 10.1 Å². The molecule has 0 spiro atoms. The summed E-state index contributed by atoms with van der Waals surface area (Å²) >= 11 is 0. The highest BCUT2D eigenvalue weighted by molar-refractivity contribution is 5.97. The number of hydrogen-bond acceptors (Lipinski definition) is 6. The summed E-state index contributed by atoms with van der Waals surface area (Å²) in [5.41, 5.74) is 4.15. The number of carbonyl (C=O) groups is 2. The zero-order valence-electron chi connectivity index (χ0n) is 23.5. The van der Waals surface area contributed by atoms with E-state index >= 15 is 0 Å². The van der Waals surface area contributed by atoms with Crippen molar-refractivity contribution in [3.63, 3.8) is 0 Å². The van der Waals surface area contributed by atoms with Crippen LogP contribution in [0.5, 0.6) is 5.75 Å². The average molecular weight is 533 g/mol. The van der Waals surface area contributed by atoms with E-state index in [1.165, 1.54) is 0 Å². The van der Waals surface area contributed by atoms with Crippen molar-refractivity contribution in [2.24, 2.45) is 0 Å². The SMILES string of the molecule is COc1cc(C(=O)OC(C)C)cc2nc(-c3cc4ccc(C(C)NC(=O)OC(C)(C)C)cc4[nH]3)n(C3CC3)c12. The first kappa shape index (κ1) is 26.6. The van der Waals surface area contributed by atoms with Gasteiger partial charge in [-0.1, -0.05) is 12.1 Å². The molecule has 0 aliphatic heterocycles. The zero-order chi connectivity index (χ0) is 28.1. The molecule has 1 unspecified atom stereocenters. The number of esters is 1. The highest BCUT2D eigenvalue weighted by atomic mass is 16.6. The van der Waals surface area contributed by atoms with Crippen LogP contribution in [-0.2, 0) is 9.47 Å². The number of rotatable bonds is 7. The summed E-state index contributed by atoms with van der Waals surface area (Å²) < 4.78 is 18.8. The quantitative estimate of drug-likeness (QED) is 0.257. The van der Waals surface area contributed by atoms with Gasteiger partial charge in [0, 0.05) is 16.9 Å². The monoisotopic (exact) mass is 532 g/mol. The molecule has 39 heavy (non-hydrogen) atoms. The van der Waals surface area contributed by atoms with Crippen LogP contribution in [-0.4, -0.2) is 45.4 Å². The Kier molecular flexibility index (Phi) is 6.78. The number of nitrogens with zero attached hydrogens (tertiary/aromatic N) is 2. The van der Waals surface area contributed by atoms with Crippen molar-refractivity contribution in [3.05, 3.63) is 47.5 Å². The number of aromatic amines is 1. The summed E-state index contributed by atoms with van der Waals surface area (Å²) in [6.45, 7) is 11.1. The normalized spacial score (nSPS) is 14.6. The molecule has 2 aromatic heterocycles. The minimum absolute atomic E-state index is 0.225. The topological polar surface area (TPSA) is 107 Å². The lowest BCUT2D eigenvalue weighted by molar-refractivity contribution is 0.0376. The lowest BCUT2D eigenvalue weighted by Crippen LogP contribution is -2.34. The molecule has 206 valence electrons. The number of alkyl carbamates (subject to hydrolysis) is 1. The summed E-state index contributed by atoms with van der Waals surface area (Å²) in [4.78, 5) is 33.4. The van der Waals surface area contributed by atoms with E-state index in [4.69, 9.17) is 19.2 Å². The minimum atomic E-state index is -0.562. The first-order valence-electron chi connectivity index (χ1n) is 13.4. The third kappa shape index (κ3) is 5.57. The summed E-state index contributed by atoms with van der Waals surface area (Å²) in [5.74, 6) is 0.979. The summed E-state index contributed by atoms with van der Waals surface area (Å²) in [5, 5.41) is 3.93. The van der Waals surface area contributed by atoms with Gasteiger partial charge < -0.3 is 29.1 Å². The third-order valence-electron chi connectivity index (χ3n) is 6.58. The summed E-state index contributed by atoms with van der Waals surface area (Å²) in [7, 11) is 1.60. The number of methoxy groups -OCH3 is 1. The first-order chi connectivity index (χ1) is 18.4. The van der Waals surface area contributed by atoms with E-state index in [-0.39, 0.29) is 12.1 Å². The van der Waals surface area contributed by atoms with Crippen LogP contribution in [0.15, 0.2) is 36.4 Å². The molecule has 0 radical (unpaired) electrons. The number of carbonyl (C=O) groups excluding carboxylic acids is 2. The Labute approximate surface area is 227 Å². The van der Waals surface area contributed by atoms with Gasteiger partial charge in [-0.25, -0.2) is 14.6 Å². The molecule has 1 aliphatic rings. The van der Waals surface area contributed by atoms with Gasteiger partial charge >= 0.3 is 12.1 Å². The smallest absolute Gasteiger partial charge is 0.408 e. The van der Waals surface area contributed by atoms with E-state index < -0.39 is 17.7 Å². The Hall–Kier alpha value is -4.01. The van der Waals surface area contributed by atoms with E-state index in [0.717, 1.165) is 46.3 Å². The molecule has 1 fully saturated rings. The molecule has 9 nitrogen and oxygen atoms in total.